The molecule has 0 aliphatic carbocycles. The molecule has 1 aromatic carbocycles. The zero-order chi connectivity index (χ0) is 14.0. The van der Waals surface area contributed by atoms with E-state index in [2.05, 4.69) is 0 Å². The molecule has 19 heavy (non-hydrogen) atoms. The minimum absolute atomic E-state index is 0.0166. The third-order valence-corrected chi connectivity index (χ3v) is 2.96. The number of carbonyl (C=O) groups excluding carboxylic acids is 1. The lowest BCUT2D eigenvalue weighted by molar-refractivity contribution is -0.121. The number of morpholine rings is 1. The monoisotopic (exact) mass is 268 g/mol. The van der Waals surface area contributed by atoms with Crippen molar-refractivity contribution in [2.45, 2.75) is 6.04 Å². The fourth-order valence-corrected chi connectivity index (χ4v) is 2.09. The summed E-state index contributed by atoms with van der Waals surface area (Å²) < 4.78 is 19.1. The Morgan fingerprint density at radius 3 is 2.84 bits per heavy atom. The van der Waals surface area contributed by atoms with Gasteiger partial charge in [0.1, 0.15) is 11.9 Å². The van der Waals surface area contributed by atoms with Crippen molar-refractivity contribution in [1.29, 1.82) is 0 Å². The third kappa shape index (κ3) is 2.50. The van der Waals surface area contributed by atoms with Crippen LogP contribution in [0.5, 0.6) is 0 Å². The number of rotatable bonds is 3. The number of halogens is 1. The normalized spacial score (nSPS) is 19.2. The Morgan fingerprint density at radius 2 is 2.21 bits per heavy atom. The van der Waals surface area contributed by atoms with Crippen molar-refractivity contribution in [3.05, 3.63) is 29.6 Å². The van der Waals surface area contributed by atoms with Gasteiger partial charge in [-0.05, 0) is 12.1 Å². The number of hydrogen-bond acceptors (Lipinski definition) is 4. The van der Waals surface area contributed by atoms with E-state index in [1.807, 2.05) is 0 Å². The minimum atomic E-state index is -1.26. The Bertz CT molecular complexity index is 520. The van der Waals surface area contributed by atoms with Crippen LogP contribution < -0.4 is 10.6 Å². The molecule has 0 radical (unpaired) electrons. The molecule has 0 aromatic heterocycles. The molecule has 1 aliphatic heterocycles. The van der Waals surface area contributed by atoms with Crippen molar-refractivity contribution in [3.8, 4) is 0 Å². The maximum atomic E-state index is 13.9. The average molecular weight is 268 g/mol. The predicted molar refractivity (Wildman–Crippen MR) is 64.5 cm³/mol. The predicted octanol–water partition coefficient (Wildman–Crippen LogP) is 0.214. The van der Waals surface area contributed by atoms with Gasteiger partial charge in [-0.2, -0.15) is 0 Å². The molecule has 1 unspecified atom stereocenters. The molecular formula is C12H13FN2O4. The van der Waals surface area contributed by atoms with Gasteiger partial charge >= 0.3 is 5.97 Å². The lowest BCUT2D eigenvalue weighted by atomic mass is 10.1. The lowest BCUT2D eigenvalue weighted by Gasteiger charge is -2.36. The molecule has 1 saturated heterocycles. The second-order valence-corrected chi connectivity index (χ2v) is 4.13. The number of nitrogens with zero attached hydrogens (tertiary/aromatic N) is 1. The number of primary amides is 1. The zero-order valence-corrected chi connectivity index (χ0v) is 10.0. The summed E-state index contributed by atoms with van der Waals surface area (Å²) in [5, 5.41) is 9.10. The van der Waals surface area contributed by atoms with Gasteiger partial charge in [-0.25, -0.2) is 9.18 Å². The Morgan fingerprint density at radius 1 is 1.47 bits per heavy atom. The van der Waals surface area contributed by atoms with Crippen LogP contribution in [0.2, 0.25) is 0 Å². The molecule has 0 saturated carbocycles. The van der Waals surface area contributed by atoms with E-state index in [0.29, 0.717) is 0 Å². The highest BCUT2D eigenvalue weighted by Crippen LogP contribution is 2.27. The summed E-state index contributed by atoms with van der Waals surface area (Å²) >= 11 is 0. The summed E-state index contributed by atoms with van der Waals surface area (Å²) in [5.74, 6) is -2.64. The number of carbonyl (C=O) groups is 2. The first-order chi connectivity index (χ1) is 9.02. The molecule has 0 spiro atoms. The molecule has 6 nitrogen and oxygen atoms in total. The van der Waals surface area contributed by atoms with Gasteiger partial charge in [-0.3, -0.25) is 4.79 Å². The molecule has 1 atom stereocenters. The van der Waals surface area contributed by atoms with Gasteiger partial charge in [0, 0.05) is 6.54 Å². The Labute approximate surface area is 108 Å². The molecule has 3 N–H and O–H groups in total. The maximum Gasteiger partial charge on any atom is 0.337 e. The lowest BCUT2D eigenvalue weighted by Crippen LogP contribution is -2.53. The van der Waals surface area contributed by atoms with Gasteiger partial charge in [0.15, 0.2) is 0 Å². The largest absolute Gasteiger partial charge is 0.478 e. The fraction of sp³-hybridized carbons (Fsp3) is 0.333. The Hall–Kier alpha value is -2.15. The van der Waals surface area contributed by atoms with Crippen LogP contribution in [0.1, 0.15) is 10.4 Å². The fourth-order valence-electron chi connectivity index (χ4n) is 2.09. The number of aromatic carboxylic acids is 1. The first-order valence-electron chi connectivity index (χ1n) is 5.68. The standard InChI is InChI=1S/C12H13FN2O4/c13-8-3-1-2-7(12(17)18)10(8)15-4-5-19-6-9(15)11(14)16/h1-3,9H,4-6H2,(H2,14,16)(H,17,18). The first-order valence-corrected chi connectivity index (χ1v) is 5.68. The summed E-state index contributed by atoms with van der Waals surface area (Å²) in [7, 11) is 0. The smallest absolute Gasteiger partial charge is 0.337 e. The van der Waals surface area contributed by atoms with Crippen molar-refractivity contribution in [2.24, 2.45) is 5.73 Å². The number of carboxylic acid groups (broad SMARTS) is 1. The number of carboxylic acids is 1. The summed E-state index contributed by atoms with van der Waals surface area (Å²) in [6, 6.07) is 2.87. The molecule has 102 valence electrons. The van der Waals surface area contributed by atoms with Crippen molar-refractivity contribution >= 4 is 17.6 Å². The molecular weight excluding hydrogens is 255 g/mol. The van der Waals surface area contributed by atoms with Crippen LogP contribution in [-0.4, -0.2) is 42.8 Å². The Balaban J connectivity index is 2.49. The summed E-state index contributed by atoms with van der Waals surface area (Å²) in [6.45, 7) is 0.495. The Kier molecular flexibility index (Phi) is 3.66. The number of amides is 1. The third-order valence-electron chi connectivity index (χ3n) is 2.96. The molecule has 7 heteroatoms. The van der Waals surface area contributed by atoms with Crippen LogP contribution in [0.3, 0.4) is 0 Å². The minimum Gasteiger partial charge on any atom is -0.478 e. The van der Waals surface area contributed by atoms with Gasteiger partial charge in [-0.15, -0.1) is 0 Å². The summed E-state index contributed by atoms with van der Waals surface area (Å²) in [5.41, 5.74) is 4.92. The van der Waals surface area contributed by atoms with Gasteiger partial charge in [-0.1, -0.05) is 6.07 Å². The summed E-state index contributed by atoms with van der Waals surface area (Å²) in [4.78, 5) is 23.9. The van der Waals surface area contributed by atoms with Crippen molar-refractivity contribution in [2.75, 3.05) is 24.7 Å². The SMILES string of the molecule is NC(=O)C1COCCN1c1c(F)cccc1C(=O)O. The van der Waals surface area contributed by atoms with Gasteiger partial charge < -0.3 is 20.5 Å². The van der Waals surface area contributed by atoms with E-state index in [1.54, 1.807) is 0 Å². The molecule has 1 aromatic rings. The van der Waals surface area contributed by atoms with Crippen LogP contribution in [0.15, 0.2) is 18.2 Å². The second-order valence-electron chi connectivity index (χ2n) is 4.13. The van der Waals surface area contributed by atoms with E-state index in [0.717, 1.165) is 6.07 Å². The van der Waals surface area contributed by atoms with E-state index in [9.17, 15) is 14.0 Å². The molecule has 1 amide bonds. The maximum absolute atomic E-state index is 13.9. The number of hydrogen-bond donors (Lipinski definition) is 2. The molecule has 2 rings (SSSR count). The zero-order valence-electron chi connectivity index (χ0n) is 10.0. The second kappa shape index (κ2) is 5.23. The van der Waals surface area contributed by atoms with E-state index in [-0.39, 0.29) is 31.0 Å². The van der Waals surface area contributed by atoms with Crippen LogP contribution in [0.25, 0.3) is 0 Å². The van der Waals surface area contributed by atoms with Gasteiger partial charge in [0.05, 0.1) is 24.5 Å². The molecule has 1 heterocycles. The van der Waals surface area contributed by atoms with Crippen LogP contribution in [0.4, 0.5) is 10.1 Å². The van der Waals surface area contributed by atoms with Crippen molar-refractivity contribution in [1.82, 2.24) is 0 Å². The topological polar surface area (TPSA) is 92.9 Å². The number of benzene rings is 1. The average Bonchev–Trinajstić information content (AvgIpc) is 2.38. The van der Waals surface area contributed by atoms with Gasteiger partial charge in [0.25, 0.3) is 0 Å². The molecule has 1 fully saturated rings. The van der Waals surface area contributed by atoms with Crippen molar-refractivity contribution < 1.29 is 23.8 Å². The molecule has 0 bridgehead atoms. The molecule has 1 aliphatic rings. The van der Waals surface area contributed by atoms with E-state index in [1.165, 1.54) is 17.0 Å². The van der Waals surface area contributed by atoms with Crippen LogP contribution >= 0.6 is 0 Å². The van der Waals surface area contributed by atoms with Gasteiger partial charge in [0.2, 0.25) is 5.91 Å². The number of ether oxygens (including phenoxy) is 1. The number of para-hydroxylation sites is 1. The number of nitrogens with two attached hydrogens (primary N) is 1. The van der Waals surface area contributed by atoms with Crippen LogP contribution in [0, 0.1) is 5.82 Å². The van der Waals surface area contributed by atoms with E-state index in [4.69, 9.17) is 15.6 Å². The quantitative estimate of drug-likeness (QED) is 0.817. The highest BCUT2D eigenvalue weighted by atomic mass is 19.1. The highest BCUT2D eigenvalue weighted by Gasteiger charge is 2.32. The van der Waals surface area contributed by atoms with E-state index >= 15 is 0 Å². The first kappa shape index (κ1) is 13.3. The summed E-state index contributed by atoms with van der Waals surface area (Å²) in [6.07, 6.45) is 0. The highest BCUT2D eigenvalue weighted by molar-refractivity contribution is 5.96. The van der Waals surface area contributed by atoms with Crippen LogP contribution in [-0.2, 0) is 9.53 Å². The van der Waals surface area contributed by atoms with Crippen molar-refractivity contribution in [3.63, 3.8) is 0 Å². The number of anilines is 1. The van der Waals surface area contributed by atoms with E-state index < -0.39 is 23.7 Å².